The van der Waals surface area contributed by atoms with Crippen LogP contribution in [0.5, 0.6) is 0 Å². The molecule has 0 aliphatic carbocycles. The molecule has 0 aliphatic heterocycles. The number of hydrogen-bond acceptors (Lipinski definition) is 5. The number of nitro groups is 1. The summed E-state index contributed by atoms with van der Waals surface area (Å²) in [6.07, 6.45) is -4.58. The normalized spacial score (nSPS) is 10.8. The van der Waals surface area contributed by atoms with E-state index in [0.29, 0.717) is 5.69 Å². The average Bonchev–Trinajstić information content (AvgIpc) is 2.43. The van der Waals surface area contributed by atoms with Crippen LogP contribution in [0.4, 0.5) is 29.3 Å². The Morgan fingerprint density at radius 1 is 1.30 bits per heavy atom. The molecule has 1 rings (SSSR count). The summed E-state index contributed by atoms with van der Waals surface area (Å²) in [4.78, 5) is 32.7. The molecular weight excluding hydrogens is 321 g/mol. The molecule has 0 heterocycles. The van der Waals surface area contributed by atoms with Crippen LogP contribution in [0.25, 0.3) is 0 Å². The lowest BCUT2D eigenvalue weighted by Gasteiger charge is -2.11. The fraction of sp³-hybridized carbons (Fsp3) is 0.333. The summed E-state index contributed by atoms with van der Waals surface area (Å²) >= 11 is 0. The van der Waals surface area contributed by atoms with Crippen LogP contribution < -0.4 is 16.0 Å². The quantitative estimate of drug-likeness (QED) is 0.560. The summed E-state index contributed by atoms with van der Waals surface area (Å²) in [7, 11) is 0. The van der Waals surface area contributed by atoms with Gasteiger partial charge in [-0.05, 0) is 13.0 Å². The van der Waals surface area contributed by atoms with E-state index in [2.05, 4.69) is 5.32 Å². The summed E-state index contributed by atoms with van der Waals surface area (Å²) in [6, 6.07) is 2.89. The molecule has 1 aromatic rings. The third kappa shape index (κ3) is 6.20. The molecule has 0 unspecified atom stereocenters. The highest BCUT2D eigenvalue weighted by Crippen LogP contribution is 2.24. The monoisotopic (exact) mass is 334 g/mol. The van der Waals surface area contributed by atoms with E-state index in [1.165, 1.54) is 30.4 Å². The van der Waals surface area contributed by atoms with Crippen molar-refractivity contribution in [2.75, 3.05) is 18.4 Å². The van der Waals surface area contributed by atoms with Crippen LogP contribution in [0.2, 0.25) is 0 Å². The number of nitrogens with zero attached hydrogens (tertiary/aromatic N) is 1. The van der Waals surface area contributed by atoms with E-state index in [0.717, 1.165) is 0 Å². The summed E-state index contributed by atoms with van der Waals surface area (Å²) in [5.74, 6) is -0.893. The molecule has 0 spiro atoms. The lowest BCUT2D eigenvalue weighted by molar-refractivity contribution is -0.385. The molecule has 0 fully saturated rings. The van der Waals surface area contributed by atoms with Gasteiger partial charge in [-0.25, -0.2) is 4.79 Å². The van der Waals surface area contributed by atoms with Gasteiger partial charge in [0, 0.05) is 17.3 Å². The van der Waals surface area contributed by atoms with Crippen molar-refractivity contribution in [3.63, 3.8) is 0 Å². The van der Waals surface area contributed by atoms with Gasteiger partial charge < -0.3 is 10.6 Å². The highest BCUT2D eigenvalue weighted by Gasteiger charge is 2.27. The molecular formula is C12H13F3N4O4. The third-order valence-electron chi connectivity index (χ3n) is 2.64. The van der Waals surface area contributed by atoms with Gasteiger partial charge >= 0.3 is 12.2 Å². The van der Waals surface area contributed by atoms with Crippen molar-refractivity contribution >= 4 is 23.3 Å². The molecule has 1 aromatic carbocycles. The highest BCUT2D eigenvalue weighted by molar-refractivity contribution is 5.96. The zero-order chi connectivity index (χ0) is 17.6. The Bertz CT molecular complexity index is 619. The van der Waals surface area contributed by atoms with Crippen LogP contribution in [0, 0.1) is 17.0 Å². The Morgan fingerprint density at radius 2 is 1.96 bits per heavy atom. The van der Waals surface area contributed by atoms with Crippen molar-refractivity contribution in [2.45, 2.75) is 13.1 Å². The number of halogens is 3. The predicted molar refractivity (Wildman–Crippen MR) is 73.9 cm³/mol. The lowest BCUT2D eigenvalue weighted by Crippen LogP contribution is -2.45. The Kier molecular flexibility index (Phi) is 5.87. The van der Waals surface area contributed by atoms with Crippen molar-refractivity contribution in [3.8, 4) is 0 Å². The van der Waals surface area contributed by atoms with Crippen molar-refractivity contribution in [2.24, 2.45) is 0 Å². The number of urea groups is 1. The molecule has 0 saturated carbocycles. The Morgan fingerprint density at radius 3 is 2.52 bits per heavy atom. The number of hydrogen-bond donors (Lipinski definition) is 3. The number of imide groups is 1. The molecule has 8 nitrogen and oxygen atoms in total. The molecule has 0 saturated heterocycles. The van der Waals surface area contributed by atoms with Gasteiger partial charge in [-0.3, -0.25) is 20.2 Å². The lowest BCUT2D eigenvalue weighted by atomic mass is 10.1. The number of carbonyl (C=O) groups excluding carboxylic acids is 2. The number of rotatable bonds is 5. The van der Waals surface area contributed by atoms with Crippen LogP contribution in [0.3, 0.4) is 0 Å². The first-order valence-electron chi connectivity index (χ1n) is 6.22. The number of benzene rings is 1. The highest BCUT2D eigenvalue weighted by atomic mass is 19.4. The predicted octanol–water partition coefficient (Wildman–Crippen LogP) is 1.70. The third-order valence-corrected chi connectivity index (χ3v) is 2.64. The fourth-order valence-electron chi connectivity index (χ4n) is 1.58. The number of alkyl halides is 3. The second-order valence-corrected chi connectivity index (χ2v) is 4.41. The van der Waals surface area contributed by atoms with E-state index in [1.807, 2.05) is 0 Å². The van der Waals surface area contributed by atoms with Crippen LogP contribution in [-0.4, -0.2) is 36.1 Å². The molecule has 11 heteroatoms. The van der Waals surface area contributed by atoms with E-state index in [-0.39, 0.29) is 11.3 Å². The van der Waals surface area contributed by atoms with Crippen LogP contribution in [-0.2, 0) is 4.79 Å². The summed E-state index contributed by atoms with van der Waals surface area (Å²) < 4.78 is 35.6. The van der Waals surface area contributed by atoms with Crippen molar-refractivity contribution < 1.29 is 27.7 Å². The maximum absolute atomic E-state index is 11.9. The molecule has 0 bridgehead atoms. The Labute approximate surface area is 128 Å². The second-order valence-electron chi connectivity index (χ2n) is 4.41. The van der Waals surface area contributed by atoms with Crippen molar-refractivity contribution in [3.05, 3.63) is 33.9 Å². The summed E-state index contributed by atoms with van der Waals surface area (Å²) in [6.45, 7) is -0.542. The number of nitro benzene ring substituents is 1. The SMILES string of the molecule is Cc1c(NCC(=O)NC(=O)NCC(F)(F)F)cccc1[N+](=O)[O-]. The van der Waals surface area contributed by atoms with Gasteiger partial charge in [-0.1, -0.05) is 6.07 Å². The molecule has 23 heavy (non-hydrogen) atoms. The van der Waals surface area contributed by atoms with Gasteiger partial charge in [0.15, 0.2) is 0 Å². The average molecular weight is 334 g/mol. The number of nitrogens with one attached hydrogen (secondary N) is 3. The fourth-order valence-corrected chi connectivity index (χ4v) is 1.58. The van der Waals surface area contributed by atoms with Gasteiger partial charge in [0.25, 0.3) is 5.69 Å². The summed E-state index contributed by atoms with van der Waals surface area (Å²) in [5, 5.41) is 16.5. The van der Waals surface area contributed by atoms with Crippen LogP contribution >= 0.6 is 0 Å². The molecule has 0 radical (unpaired) electrons. The summed E-state index contributed by atoms with van der Waals surface area (Å²) in [5.41, 5.74) is 0.426. The largest absolute Gasteiger partial charge is 0.405 e. The maximum Gasteiger partial charge on any atom is 0.405 e. The van der Waals surface area contributed by atoms with Gasteiger partial charge in [0.05, 0.1) is 11.5 Å². The first-order chi connectivity index (χ1) is 10.6. The molecule has 126 valence electrons. The Balaban J connectivity index is 2.52. The molecule has 3 amide bonds. The van der Waals surface area contributed by atoms with E-state index in [9.17, 15) is 32.9 Å². The van der Waals surface area contributed by atoms with E-state index in [1.54, 1.807) is 5.32 Å². The molecule has 0 aromatic heterocycles. The maximum atomic E-state index is 11.9. The zero-order valence-electron chi connectivity index (χ0n) is 11.9. The second kappa shape index (κ2) is 7.42. The van der Waals surface area contributed by atoms with Gasteiger partial charge in [0.1, 0.15) is 6.54 Å². The van der Waals surface area contributed by atoms with E-state index < -0.39 is 36.1 Å². The smallest absolute Gasteiger partial charge is 0.376 e. The number of anilines is 1. The van der Waals surface area contributed by atoms with Gasteiger partial charge in [-0.2, -0.15) is 13.2 Å². The van der Waals surface area contributed by atoms with E-state index in [4.69, 9.17) is 0 Å². The first-order valence-corrected chi connectivity index (χ1v) is 6.22. The standard InChI is InChI=1S/C12H13F3N4O4/c1-7-8(3-2-4-9(7)19(22)23)16-5-10(20)18-11(21)17-6-12(13,14)15/h2-4,16H,5-6H2,1H3,(H2,17,18,20,21). The van der Waals surface area contributed by atoms with Crippen molar-refractivity contribution in [1.29, 1.82) is 0 Å². The number of carbonyl (C=O) groups is 2. The molecule has 3 N–H and O–H groups in total. The van der Waals surface area contributed by atoms with E-state index >= 15 is 0 Å². The first kappa shape index (κ1) is 18.2. The molecule has 0 aliphatic rings. The minimum Gasteiger partial charge on any atom is -0.376 e. The van der Waals surface area contributed by atoms with Crippen molar-refractivity contribution in [1.82, 2.24) is 10.6 Å². The number of amides is 3. The topological polar surface area (TPSA) is 113 Å². The zero-order valence-corrected chi connectivity index (χ0v) is 11.9. The van der Waals surface area contributed by atoms with Crippen LogP contribution in [0.15, 0.2) is 18.2 Å². The van der Waals surface area contributed by atoms with Gasteiger partial charge in [-0.15, -0.1) is 0 Å². The minimum absolute atomic E-state index is 0.154. The minimum atomic E-state index is -4.58. The Hall–Kier alpha value is -2.85. The van der Waals surface area contributed by atoms with Crippen LogP contribution in [0.1, 0.15) is 5.56 Å². The molecule has 0 atom stereocenters. The van der Waals surface area contributed by atoms with Gasteiger partial charge in [0.2, 0.25) is 5.91 Å².